The maximum absolute atomic E-state index is 13.3. The number of aryl methyl sites for hydroxylation is 1. The van der Waals surface area contributed by atoms with Gasteiger partial charge in [0.15, 0.2) is 0 Å². The average Bonchev–Trinajstić information content (AvgIpc) is 2.69. The first-order chi connectivity index (χ1) is 6.86. The van der Waals surface area contributed by atoms with E-state index >= 15 is 0 Å². The van der Waals surface area contributed by atoms with E-state index in [1.54, 1.807) is 12.1 Å². The number of rotatable bonds is 3. The Morgan fingerprint density at radius 2 is 1.86 bits per heavy atom. The van der Waals surface area contributed by atoms with Crippen LogP contribution < -0.4 is 0 Å². The molecule has 0 N–H and O–H groups in total. The molecule has 0 aromatic heterocycles. The van der Waals surface area contributed by atoms with E-state index in [1.807, 2.05) is 12.1 Å². The van der Waals surface area contributed by atoms with Crippen molar-refractivity contribution in [2.45, 2.75) is 38.5 Å². The summed E-state index contributed by atoms with van der Waals surface area (Å²) in [6.45, 7) is 0. The van der Waals surface area contributed by atoms with Crippen LogP contribution in [0.4, 0.5) is 4.39 Å². The van der Waals surface area contributed by atoms with Crippen molar-refractivity contribution in [2.24, 2.45) is 5.92 Å². The first-order valence-corrected chi connectivity index (χ1v) is 5.59. The standard InChI is InChI=1S/C13H17F/c14-13-8-4-3-7-12(13)10-9-11-5-1-2-6-11/h3-4,7-8,11H,1-2,5-6,9-10H2. The molecule has 0 unspecified atom stereocenters. The topological polar surface area (TPSA) is 0 Å². The van der Waals surface area contributed by atoms with Gasteiger partial charge in [-0.3, -0.25) is 0 Å². The molecule has 1 saturated carbocycles. The quantitative estimate of drug-likeness (QED) is 0.680. The van der Waals surface area contributed by atoms with E-state index in [0.29, 0.717) is 0 Å². The highest BCUT2D eigenvalue weighted by Gasteiger charge is 2.15. The molecule has 1 aromatic rings. The maximum atomic E-state index is 13.3. The van der Waals surface area contributed by atoms with Crippen LogP contribution >= 0.6 is 0 Å². The lowest BCUT2D eigenvalue weighted by molar-refractivity contribution is 0.495. The van der Waals surface area contributed by atoms with Crippen LogP contribution in [0, 0.1) is 11.7 Å². The Labute approximate surface area is 85.1 Å². The highest BCUT2D eigenvalue weighted by Crippen LogP contribution is 2.28. The van der Waals surface area contributed by atoms with Crippen LogP contribution in [0.5, 0.6) is 0 Å². The Kier molecular flexibility index (Phi) is 3.18. The Morgan fingerprint density at radius 1 is 1.14 bits per heavy atom. The third-order valence-corrected chi connectivity index (χ3v) is 3.25. The van der Waals surface area contributed by atoms with Crippen molar-refractivity contribution < 1.29 is 4.39 Å². The molecule has 1 heteroatoms. The van der Waals surface area contributed by atoms with E-state index in [4.69, 9.17) is 0 Å². The summed E-state index contributed by atoms with van der Waals surface area (Å²) in [5.41, 5.74) is 0.888. The summed E-state index contributed by atoms with van der Waals surface area (Å²) in [5, 5.41) is 0. The highest BCUT2D eigenvalue weighted by atomic mass is 19.1. The van der Waals surface area contributed by atoms with Gasteiger partial charge in [0.1, 0.15) is 5.82 Å². The van der Waals surface area contributed by atoms with Crippen molar-refractivity contribution in [3.05, 3.63) is 35.6 Å². The van der Waals surface area contributed by atoms with Gasteiger partial charge in [-0.05, 0) is 30.4 Å². The molecule has 2 rings (SSSR count). The average molecular weight is 192 g/mol. The Morgan fingerprint density at radius 3 is 2.57 bits per heavy atom. The van der Waals surface area contributed by atoms with Gasteiger partial charge in [0.2, 0.25) is 0 Å². The van der Waals surface area contributed by atoms with Gasteiger partial charge < -0.3 is 0 Å². The number of halogens is 1. The van der Waals surface area contributed by atoms with Gasteiger partial charge in [-0.1, -0.05) is 43.9 Å². The van der Waals surface area contributed by atoms with E-state index in [-0.39, 0.29) is 5.82 Å². The SMILES string of the molecule is Fc1ccccc1CCC1CCCC1. The van der Waals surface area contributed by atoms with Crippen LogP contribution in [0.3, 0.4) is 0 Å². The molecule has 0 nitrogen and oxygen atoms in total. The second-order valence-electron chi connectivity index (χ2n) is 4.28. The lowest BCUT2D eigenvalue weighted by Crippen LogP contribution is -1.98. The van der Waals surface area contributed by atoms with Gasteiger partial charge in [-0.2, -0.15) is 0 Å². The number of hydrogen-bond donors (Lipinski definition) is 0. The number of hydrogen-bond acceptors (Lipinski definition) is 0. The maximum Gasteiger partial charge on any atom is 0.126 e. The molecule has 1 fully saturated rings. The highest BCUT2D eigenvalue weighted by molar-refractivity contribution is 5.17. The van der Waals surface area contributed by atoms with Gasteiger partial charge in [0.25, 0.3) is 0 Å². The predicted octanol–water partition coefficient (Wildman–Crippen LogP) is 3.95. The normalized spacial score (nSPS) is 17.5. The summed E-state index contributed by atoms with van der Waals surface area (Å²) in [6, 6.07) is 7.15. The summed E-state index contributed by atoms with van der Waals surface area (Å²) in [4.78, 5) is 0. The van der Waals surface area contributed by atoms with E-state index in [1.165, 1.54) is 32.1 Å². The molecule has 0 saturated heterocycles. The fourth-order valence-corrected chi connectivity index (χ4v) is 2.36. The van der Waals surface area contributed by atoms with E-state index in [2.05, 4.69) is 0 Å². The van der Waals surface area contributed by atoms with Gasteiger partial charge in [-0.25, -0.2) is 4.39 Å². The number of benzene rings is 1. The lowest BCUT2D eigenvalue weighted by atomic mass is 9.98. The smallest absolute Gasteiger partial charge is 0.126 e. The van der Waals surface area contributed by atoms with E-state index in [9.17, 15) is 4.39 Å². The zero-order valence-electron chi connectivity index (χ0n) is 8.51. The molecule has 0 radical (unpaired) electrons. The summed E-state index contributed by atoms with van der Waals surface area (Å²) in [6.07, 6.45) is 7.55. The lowest BCUT2D eigenvalue weighted by Gasteiger charge is -2.08. The van der Waals surface area contributed by atoms with Crippen LogP contribution in [0.15, 0.2) is 24.3 Å². The minimum atomic E-state index is -0.0366. The van der Waals surface area contributed by atoms with Crippen LogP contribution in [0.1, 0.15) is 37.7 Å². The zero-order valence-corrected chi connectivity index (χ0v) is 8.51. The molecule has 1 aromatic carbocycles. The van der Waals surface area contributed by atoms with Crippen LogP contribution in [0.2, 0.25) is 0 Å². The summed E-state index contributed by atoms with van der Waals surface area (Å²) >= 11 is 0. The molecule has 0 atom stereocenters. The fraction of sp³-hybridized carbons (Fsp3) is 0.538. The largest absolute Gasteiger partial charge is 0.207 e. The van der Waals surface area contributed by atoms with Gasteiger partial charge in [-0.15, -0.1) is 0 Å². The Hall–Kier alpha value is -0.850. The van der Waals surface area contributed by atoms with Crippen molar-refractivity contribution in [1.82, 2.24) is 0 Å². The summed E-state index contributed by atoms with van der Waals surface area (Å²) in [7, 11) is 0. The predicted molar refractivity (Wildman–Crippen MR) is 56.7 cm³/mol. The fourth-order valence-electron chi connectivity index (χ4n) is 2.36. The molecular weight excluding hydrogens is 175 g/mol. The van der Waals surface area contributed by atoms with Crippen molar-refractivity contribution in [1.29, 1.82) is 0 Å². The van der Waals surface area contributed by atoms with Crippen LogP contribution in [-0.4, -0.2) is 0 Å². The first kappa shape index (κ1) is 9.70. The third-order valence-electron chi connectivity index (χ3n) is 3.25. The van der Waals surface area contributed by atoms with Gasteiger partial charge >= 0.3 is 0 Å². The summed E-state index contributed by atoms with van der Waals surface area (Å²) < 4.78 is 13.3. The Balaban J connectivity index is 1.88. The van der Waals surface area contributed by atoms with Gasteiger partial charge in [0.05, 0.1) is 0 Å². The Bertz CT molecular complexity index is 287. The van der Waals surface area contributed by atoms with Gasteiger partial charge in [0, 0.05) is 0 Å². The van der Waals surface area contributed by atoms with Crippen molar-refractivity contribution in [3.8, 4) is 0 Å². The van der Waals surface area contributed by atoms with Crippen LogP contribution in [0.25, 0.3) is 0 Å². The molecule has 1 aliphatic carbocycles. The molecular formula is C13H17F. The zero-order chi connectivity index (χ0) is 9.80. The first-order valence-electron chi connectivity index (χ1n) is 5.59. The minimum absolute atomic E-state index is 0.0366. The molecule has 0 spiro atoms. The minimum Gasteiger partial charge on any atom is -0.207 e. The second-order valence-corrected chi connectivity index (χ2v) is 4.28. The van der Waals surface area contributed by atoms with E-state index in [0.717, 1.165) is 17.9 Å². The van der Waals surface area contributed by atoms with Crippen molar-refractivity contribution in [3.63, 3.8) is 0 Å². The van der Waals surface area contributed by atoms with Crippen LogP contribution in [-0.2, 0) is 6.42 Å². The van der Waals surface area contributed by atoms with Crippen molar-refractivity contribution >= 4 is 0 Å². The molecule has 14 heavy (non-hydrogen) atoms. The molecule has 0 aliphatic heterocycles. The molecule has 0 heterocycles. The molecule has 0 amide bonds. The summed E-state index contributed by atoms with van der Waals surface area (Å²) in [5.74, 6) is 0.820. The second kappa shape index (κ2) is 4.59. The molecule has 76 valence electrons. The van der Waals surface area contributed by atoms with Crippen molar-refractivity contribution in [2.75, 3.05) is 0 Å². The molecule has 1 aliphatic rings. The third kappa shape index (κ3) is 2.34. The monoisotopic (exact) mass is 192 g/mol. The van der Waals surface area contributed by atoms with E-state index < -0.39 is 0 Å². The molecule has 0 bridgehead atoms.